The summed E-state index contributed by atoms with van der Waals surface area (Å²) >= 11 is 0. The van der Waals surface area contributed by atoms with E-state index in [1.54, 1.807) is 49.3 Å². The van der Waals surface area contributed by atoms with E-state index in [1.807, 2.05) is 169 Å². The Balaban J connectivity index is 0.000000164. The fraction of sp³-hybridized carbons (Fsp3) is 0.238. The maximum atomic E-state index is 13.0. The van der Waals surface area contributed by atoms with Crippen molar-refractivity contribution in [3.8, 4) is 0 Å². The quantitative estimate of drug-likeness (QED) is 0.113. The van der Waals surface area contributed by atoms with Gasteiger partial charge in [0.2, 0.25) is 30.1 Å². The molecule has 3 saturated heterocycles. The summed E-state index contributed by atoms with van der Waals surface area (Å²) in [5.41, 5.74) is 12.6. The highest BCUT2D eigenvalue weighted by atomic mass is 32.2. The predicted molar refractivity (Wildman–Crippen MR) is 308 cm³/mol. The van der Waals surface area contributed by atoms with Gasteiger partial charge in [0.25, 0.3) is 0 Å². The Bertz CT molecular complexity index is 3060. The van der Waals surface area contributed by atoms with Crippen molar-refractivity contribution in [3.05, 3.63) is 250 Å². The number of rotatable bonds is 12. The van der Waals surface area contributed by atoms with Crippen LogP contribution in [0.5, 0.6) is 0 Å². The van der Waals surface area contributed by atoms with Gasteiger partial charge in [-0.15, -0.1) is 0 Å². The number of benzene rings is 6. The van der Waals surface area contributed by atoms with Gasteiger partial charge < -0.3 is 0 Å². The molecule has 0 radical (unpaired) electrons. The molecule has 3 aliphatic rings. The van der Waals surface area contributed by atoms with E-state index in [-0.39, 0.29) is 17.8 Å². The van der Waals surface area contributed by atoms with Crippen molar-refractivity contribution >= 4 is 48.3 Å². The van der Waals surface area contributed by atoms with Gasteiger partial charge in [0.15, 0.2) is 0 Å². The summed E-state index contributed by atoms with van der Waals surface area (Å²) in [7, 11) is -10.5. The zero-order valence-corrected chi connectivity index (χ0v) is 46.4. The Morgan fingerprint density at radius 3 is 0.787 bits per heavy atom. The normalized spacial score (nSPS) is 20.1. The van der Waals surface area contributed by atoms with Crippen LogP contribution >= 0.6 is 0 Å². The molecule has 12 heteroatoms. The maximum Gasteiger partial charge on any atom is 0.243 e. The van der Waals surface area contributed by atoms with Crippen molar-refractivity contribution in [1.82, 2.24) is 12.9 Å². The summed E-state index contributed by atoms with van der Waals surface area (Å²) in [6.07, 6.45) is 6.26. The molecule has 3 atom stereocenters. The van der Waals surface area contributed by atoms with Crippen LogP contribution in [0.2, 0.25) is 0 Å². The molecule has 3 heterocycles. The highest BCUT2D eigenvalue weighted by Gasteiger charge is 2.38. The van der Waals surface area contributed by atoms with Crippen LogP contribution in [-0.4, -0.2) is 77.4 Å². The van der Waals surface area contributed by atoms with Gasteiger partial charge in [0, 0.05) is 57.0 Å². The summed E-state index contributed by atoms with van der Waals surface area (Å²) in [6, 6.07) is 51.1. The SMILES string of the molecule is C=C(C)[C@@H]1CN(S(=O)(=O)c2ccc(C)cc2)C/C1=C\c1ccccc1.C=C(C)[C@H]1CN(S(=O)(=O)c2ccc(C)cc2)C/C1=C\c1ccccc1.C=C(C)[C@H]1CN(S(=O)(=O)c2ccc(C)cc2)C/C1=C\c1ccccc1. The highest BCUT2D eigenvalue weighted by Crippen LogP contribution is 2.36. The van der Waals surface area contributed by atoms with Gasteiger partial charge in [-0.1, -0.05) is 199 Å². The minimum absolute atomic E-state index is 0.0560. The second-order valence-electron chi connectivity index (χ2n) is 19.9. The third-order valence-electron chi connectivity index (χ3n) is 13.8. The van der Waals surface area contributed by atoms with Crippen molar-refractivity contribution in [1.29, 1.82) is 0 Å². The van der Waals surface area contributed by atoms with Gasteiger partial charge in [0.05, 0.1) is 14.7 Å². The zero-order chi connectivity index (χ0) is 54.1. The highest BCUT2D eigenvalue weighted by molar-refractivity contribution is 7.89. The minimum Gasteiger partial charge on any atom is -0.207 e. The largest absolute Gasteiger partial charge is 0.243 e. The molecule has 0 amide bonds. The number of sulfonamides is 3. The van der Waals surface area contributed by atoms with Gasteiger partial charge in [-0.25, -0.2) is 25.3 Å². The van der Waals surface area contributed by atoms with Gasteiger partial charge in [0.1, 0.15) is 0 Å². The van der Waals surface area contributed by atoms with Crippen molar-refractivity contribution in [2.24, 2.45) is 17.8 Å². The summed E-state index contributed by atoms with van der Waals surface area (Å²) in [6.45, 7) is 26.5. The lowest BCUT2D eigenvalue weighted by Crippen LogP contribution is -2.29. The Morgan fingerprint density at radius 2 is 0.587 bits per heavy atom. The first kappa shape index (κ1) is 56.2. The summed E-state index contributed by atoms with van der Waals surface area (Å²) in [5, 5.41) is 0. The number of nitrogens with zero attached hydrogens (tertiary/aromatic N) is 3. The van der Waals surface area contributed by atoms with E-state index in [0.29, 0.717) is 54.0 Å². The summed E-state index contributed by atoms with van der Waals surface area (Å²) in [5.74, 6) is 0.168. The van der Waals surface area contributed by atoms with E-state index in [0.717, 1.165) is 66.8 Å². The third kappa shape index (κ3) is 14.1. The second-order valence-corrected chi connectivity index (χ2v) is 25.7. The summed E-state index contributed by atoms with van der Waals surface area (Å²) < 4.78 is 82.6. The molecule has 0 N–H and O–H groups in total. The number of aryl methyl sites for hydroxylation is 3. The van der Waals surface area contributed by atoms with E-state index in [9.17, 15) is 25.3 Å². The Morgan fingerprint density at radius 1 is 0.373 bits per heavy atom. The van der Waals surface area contributed by atoms with E-state index < -0.39 is 30.1 Å². The lowest BCUT2D eigenvalue weighted by Gasteiger charge is -2.16. The molecule has 390 valence electrons. The van der Waals surface area contributed by atoms with E-state index in [4.69, 9.17) is 0 Å². The van der Waals surface area contributed by atoms with Crippen LogP contribution in [-0.2, 0) is 30.1 Å². The van der Waals surface area contributed by atoms with Crippen LogP contribution in [0, 0.1) is 38.5 Å². The molecular formula is C63H69N3O6S3. The molecule has 6 aromatic carbocycles. The molecule has 0 saturated carbocycles. The third-order valence-corrected chi connectivity index (χ3v) is 19.3. The predicted octanol–water partition coefficient (Wildman–Crippen LogP) is 12.8. The molecule has 0 bridgehead atoms. The second kappa shape index (κ2) is 24.4. The van der Waals surface area contributed by atoms with Crippen LogP contribution < -0.4 is 0 Å². The van der Waals surface area contributed by atoms with Crippen molar-refractivity contribution < 1.29 is 25.3 Å². The van der Waals surface area contributed by atoms with Gasteiger partial charge in [-0.05, 0) is 111 Å². The van der Waals surface area contributed by atoms with E-state index in [2.05, 4.69) is 38.0 Å². The average Bonchev–Trinajstić information content (AvgIpc) is 4.15. The van der Waals surface area contributed by atoms with E-state index >= 15 is 0 Å². The van der Waals surface area contributed by atoms with E-state index in [1.165, 1.54) is 0 Å². The smallest absolute Gasteiger partial charge is 0.207 e. The van der Waals surface area contributed by atoms with Crippen LogP contribution in [0.4, 0.5) is 0 Å². The molecular weight excluding hydrogens is 991 g/mol. The molecule has 9 rings (SSSR count). The lowest BCUT2D eigenvalue weighted by atomic mass is 9.94. The molecule has 0 aliphatic carbocycles. The lowest BCUT2D eigenvalue weighted by molar-refractivity contribution is 0.467. The van der Waals surface area contributed by atoms with Crippen LogP contribution in [0.3, 0.4) is 0 Å². The molecule has 0 spiro atoms. The molecule has 3 aliphatic heterocycles. The number of hydrogen-bond donors (Lipinski definition) is 0. The fourth-order valence-corrected chi connectivity index (χ4v) is 13.7. The van der Waals surface area contributed by atoms with Crippen molar-refractivity contribution in [2.75, 3.05) is 39.3 Å². The number of hydrogen-bond acceptors (Lipinski definition) is 6. The van der Waals surface area contributed by atoms with Crippen molar-refractivity contribution in [2.45, 2.75) is 56.2 Å². The average molecular weight is 1060 g/mol. The van der Waals surface area contributed by atoms with Crippen LogP contribution in [0.1, 0.15) is 54.2 Å². The molecule has 75 heavy (non-hydrogen) atoms. The van der Waals surface area contributed by atoms with Crippen molar-refractivity contribution in [3.63, 3.8) is 0 Å². The topological polar surface area (TPSA) is 112 Å². The minimum atomic E-state index is -3.50. The molecule has 0 unspecified atom stereocenters. The molecule has 3 fully saturated rings. The van der Waals surface area contributed by atoms with Gasteiger partial charge in [-0.2, -0.15) is 12.9 Å². The van der Waals surface area contributed by atoms with Gasteiger partial charge >= 0.3 is 0 Å². The maximum absolute atomic E-state index is 13.0. The zero-order valence-electron chi connectivity index (χ0n) is 43.9. The van der Waals surface area contributed by atoms with Crippen LogP contribution in [0.25, 0.3) is 18.2 Å². The molecule has 9 nitrogen and oxygen atoms in total. The summed E-state index contributed by atoms with van der Waals surface area (Å²) in [4.78, 5) is 1.04. The molecule has 0 aromatic heterocycles. The van der Waals surface area contributed by atoms with Crippen LogP contribution in [0.15, 0.2) is 232 Å². The molecule has 6 aromatic rings. The first-order chi connectivity index (χ1) is 35.6. The first-order valence-electron chi connectivity index (χ1n) is 25.1. The monoisotopic (exact) mass is 1060 g/mol. The van der Waals surface area contributed by atoms with Gasteiger partial charge in [-0.3, -0.25) is 0 Å². The Hall–Kier alpha value is -6.51. The standard InChI is InChI=1S/3C21H23NO2S/c3*1-16(2)21-15-22(14-19(21)13-18-7-5-4-6-8-18)25(23,24)20-11-9-17(3)10-12-20/h3*4-13,21H,1,14-15H2,2-3H3/b3*19-13+/t3*21-/m110/s1. The first-order valence-corrected chi connectivity index (χ1v) is 29.4. The fourth-order valence-electron chi connectivity index (χ4n) is 9.37. The Kier molecular flexibility index (Phi) is 18.3. The Labute approximate surface area is 447 Å².